The van der Waals surface area contributed by atoms with Gasteiger partial charge >= 0.3 is 5.97 Å². The molecular weight excluding hydrogens is 235 g/mol. The van der Waals surface area contributed by atoms with Crippen molar-refractivity contribution in [1.82, 2.24) is 0 Å². The third kappa shape index (κ3) is 2.74. The highest BCUT2D eigenvalue weighted by atomic mass is 35.5. The Morgan fingerprint density at radius 2 is 1.80 bits per heavy atom. The van der Waals surface area contributed by atoms with Gasteiger partial charge in [-0.3, -0.25) is 0 Å². The molecule has 0 aliphatic carbocycles. The fourth-order valence-electron chi connectivity index (χ4n) is 1.28. The van der Waals surface area contributed by atoms with Crippen LogP contribution in [0.5, 0.6) is 0 Å². The molecule has 0 bridgehead atoms. The van der Waals surface area contributed by atoms with Crippen molar-refractivity contribution in [3.8, 4) is 0 Å². The molecule has 1 N–H and O–H groups in total. The summed E-state index contributed by atoms with van der Waals surface area (Å²) in [5, 5.41) is 9.79. The van der Waals surface area contributed by atoms with Crippen LogP contribution in [-0.2, 0) is 4.79 Å². The van der Waals surface area contributed by atoms with Gasteiger partial charge in [-0.1, -0.05) is 34.8 Å². The SMILES string of the molecule is CC(C)=C(C(=O)O)c1ccc(Cl)c(Cl)c1. The summed E-state index contributed by atoms with van der Waals surface area (Å²) < 4.78 is 0. The number of hydrogen-bond donors (Lipinski definition) is 1. The molecule has 0 saturated carbocycles. The Morgan fingerprint density at radius 3 is 2.20 bits per heavy atom. The standard InChI is InChI=1S/C11H10Cl2O2/c1-6(2)10(11(14)15)7-3-4-8(12)9(13)5-7/h3-5H,1-2H3,(H,14,15). The maximum atomic E-state index is 11.0. The summed E-state index contributed by atoms with van der Waals surface area (Å²) in [6.07, 6.45) is 0. The van der Waals surface area contributed by atoms with E-state index in [2.05, 4.69) is 0 Å². The average molecular weight is 245 g/mol. The molecule has 0 fully saturated rings. The lowest BCUT2D eigenvalue weighted by molar-refractivity contribution is -0.130. The monoisotopic (exact) mass is 244 g/mol. The summed E-state index contributed by atoms with van der Waals surface area (Å²) in [6.45, 7) is 3.48. The van der Waals surface area contributed by atoms with Crippen LogP contribution in [0.1, 0.15) is 19.4 Å². The highest BCUT2D eigenvalue weighted by Crippen LogP contribution is 2.27. The van der Waals surface area contributed by atoms with Crippen LogP contribution >= 0.6 is 23.2 Å². The molecule has 1 aromatic carbocycles. The number of halogens is 2. The summed E-state index contributed by atoms with van der Waals surface area (Å²) in [5.74, 6) is -0.964. The third-order valence-corrected chi connectivity index (χ3v) is 2.66. The first-order valence-electron chi connectivity index (χ1n) is 4.29. The van der Waals surface area contributed by atoms with E-state index in [1.54, 1.807) is 32.0 Å². The molecule has 1 rings (SSSR count). The predicted octanol–water partition coefficient (Wildman–Crippen LogP) is 3.87. The first-order valence-corrected chi connectivity index (χ1v) is 5.05. The van der Waals surface area contributed by atoms with Crippen molar-refractivity contribution in [2.45, 2.75) is 13.8 Å². The minimum atomic E-state index is -0.964. The van der Waals surface area contributed by atoms with Crippen LogP contribution in [0.3, 0.4) is 0 Å². The molecule has 0 aliphatic rings. The summed E-state index contributed by atoms with van der Waals surface area (Å²) in [7, 11) is 0. The highest BCUT2D eigenvalue weighted by molar-refractivity contribution is 6.42. The lowest BCUT2D eigenvalue weighted by Crippen LogP contribution is -2.01. The second-order valence-corrected chi connectivity index (χ2v) is 4.12. The number of carboxylic acids is 1. The molecule has 0 atom stereocenters. The maximum Gasteiger partial charge on any atom is 0.336 e. The van der Waals surface area contributed by atoms with Gasteiger partial charge in [-0.2, -0.15) is 0 Å². The number of aliphatic carboxylic acids is 1. The van der Waals surface area contributed by atoms with Gasteiger partial charge in [-0.05, 0) is 31.5 Å². The first-order chi connectivity index (χ1) is 6.93. The Labute approximate surface area is 98.1 Å². The fourth-order valence-corrected chi connectivity index (χ4v) is 1.58. The van der Waals surface area contributed by atoms with E-state index in [1.165, 1.54) is 0 Å². The number of hydrogen-bond acceptors (Lipinski definition) is 1. The van der Waals surface area contributed by atoms with E-state index in [0.29, 0.717) is 15.6 Å². The van der Waals surface area contributed by atoms with E-state index in [1.807, 2.05) is 0 Å². The number of carbonyl (C=O) groups is 1. The molecule has 4 heteroatoms. The predicted molar refractivity (Wildman–Crippen MR) is 62.4 cm³/mol. The zero-order valence-electron chi connectivity index (χ0n) is 8.34. The van der Waals surface area contributed by atoms with Crippen LogP contribution in [0.2, 0.25) is 10.0 Å². The summed E-state index contributed by atoms with van der Waals surface area (Å²) >= 11 is 11.6. The Balaban J connectivity index is 3.32. The van der Waals surface area contributed by atoms with E-state index in [0.717, 1.165) is 5.57 Å². The maximum absolute atomic E-state index is 11.0. The van der Waals surface area contributed by atoms with Crippen molar-refractivity contribution in [3.05, 3.63) is 39.4 Å². The Hall–Kier alpha value is -0.990. The first kappa shape index (κ1) is 12.1. The lowest BCUT2D eigenvalue weighted by atomic mass is 10.0. The molecule has 2 nitrogen and oxygen atoms in total. The van der Waals surface area contributed by atoms with Gasteiger partial charge in [0.15, 0.2) is 0 Å². The zero-order chi connectivity index (χ0) is 11.6. The average Bonchev–Trinajstić information content (AvgIpc) is 2.10. The fraction of sp³-hybridized carbons (Fsp3) is 0.182. The highest BCUT2D eigenvalue weighted by Gasteiger charge is 2.13. The van der Waals surface area contributed by atoms with Crippen LogP contribution in [0.25, 0.3) is 5.57 Å². The number of carboxylic acid groups (broad SMARTS) is 1. The number of rotatable bonds is 2. The van der Waals surface area contributed by atoms with Crippen LogP contribution in [0.15, 0.2) is 23.8 Å². The van der Waals surface area contributed by atoms with E-state index < -0.39 is 5.97 Å². The van der Waals surface area contributed by atoms with Crippen molar-refractivity contribution < 1.29 is 9.90 Å². The van der Waals surface area contributed by atoms with E-state index in [-0.39, 0.29) is 5.57 Å². The van der Waals surface area contributed by atoms with Crippen molar-refractivity contribution in [3.63, 3.8) is 0 Å². The molecule has 0 unspecified atom stereocenters. The van der Waals surface area contributed by atoms with Gasteiger partial charge in [-0.15, -0.1) is 0 Å². The Bertz CT molecular complexity index is 432. The van der Waals surface area contributed by atoms with Crippen molar-refractivity contribution in [1.29, 1.82) is 0 Å². The molecule has 0 amide bonds. The van der Waals surface area contributed by atoms with Gasteiger partial charge in [0.25, 0.3) is 0 Å². The lowest BCUT2D eigenvalue weighted by Gasteiger charge is -2.06. The molecule has 0 aromatic heterocycles. The molecule has 0 spiro atoms. The van der Waals surface area contributed by atoms with E-state index >= 15 is 0 Å². The summed E-state index contributed by atoms with van der Waals surface area (Å²) in [5.41, 5.74) is 1.55. The molecule has 0 saturated heterocycles. The largest absolute Gasteiger partial charge is 0.478 e. The van der Waals surface area contributed by atoms with Gasteiger partial charge in [0.2, 0.25) is 0 Å². The van der Waals surface area contributed by atoms with Gasteiger partial charge in [0.1, 0.15) is 0 Å². The number of benzene rings is 1. The summed E-state index contributed by atoms with van der Waals surface area (Å²) in [4.78, 5) is 11.0. The summed E-state index contributed by atoms with van der Waals surface area (Å²) in [6, 6.07) is 4.79. The van der Waals surface area contributed by atoms with Gasteiger partial charge < -0.3 is 5.11 Å². The van der Waals surface area contributed by atoms with Crippen LogP contribution in [-0.4, -0.2) is 11.1 Å². The second-order valence-electron chi connectivity index (χ2n) is 3.31. The van der Waals surface area contributed by atoms with Crippen molar-refractivity contribution in [2.75, 3.05) is 0 Å². The van der Waals surface area contributed by atoms with Crippen LogP contribution < -0.4 is 0 Å². The van der Waals surface area contributed by atoms with Gasteiger partial charge in [-0.25, -0.2) is 4.79 Å². The van der Waals surface area contributed by atoms with Gasteiger partial charge in [0, 0.05) is 0 Å². The minimum absolute atomic E-state index is 0.258. The van der Waals surface area contributed by atoms with E-state index in [4.69, 9.17) is 28.3 Å². The third-order valence-electron chi connectivity index (χ3n) is 1.92. The molecule has 80 valence electrons. The van der Waals surface area contributed by atoms with Gasteiger partial charge in [0.05, 0.1) is 15.6 Å². The smallest absolute Gasteiger partial charge is 0.336 e. The molecular formula is C11H10Cl2O2. The Kier molecular flexibility index (Phi) is 3.77. The molecule has 1 aromatic rings. The number of allylic oxidation sites excluding steroid dienone is 1. The van der Waals surface area contributed by atoms with E-state index in [9.17, 15) is 4.79 Å². The van der Waals surface area contributed by atoms with Crippen LogP contribution in [0, 0.1) is 0 Å². The second kappa shape index (κ2) is 4.69. The quantitative estimate of drug-likeness (QED) is 0.803. The van der Waals surface area contributed by atoms with Crippen LogP contribution in [0.4, 0.5) is 0 Å². The van der Waals surface area contributed by atoms with Crippen molar-refractivity contribution in [2.24, 2.45) is 0 Å². The molecule has 15 heavy (non-hydrogen) atoms. The molecule has 0 aliphatic heterocycles. The molecule has 0 heterocycles. The van der Waals surface area contributed by atoms with Crippen molar-refractivity contribution >= 4 is 34.7 Å². The minimum Gasteiger partial charge on any atom is -0.478 e. The Morgan fingerprint density at radius 1 is 1.20 bits per heavy atom. The zero-order valence-corrected chi connectivity index (χ0v) is 9.86. The molecule has 0 radical (unpaired) electrons. The topological polar surface area (TPSA) is 37.3 Å². The normalized spacial score (nSPS) is 9.87.